The van der Waals surface area contributed by atoms with Gasteiger partial charge >= 0.3 is 0 Å². The van der Waals surface area contributed by atoms with E-state index >= 15 is 0 Å². The summed E-state index contributed by atoms with van der Waals surface area (Å²) in [6.07, 6.45) is 4.13. The Morgan fingerprint density at radius 2 is 2.10 bits per heavy atom. The van der Waals surface area contributed by atoms with E-state index < -0.39 is 0 Å². The van der Waals surface area contributed by atoms with Crippen LogP contribution in [0.1, 0.15) is 36.5 Å². The van der Waals surface area contributed by atoms with Crippen LogP contribution in [-0.4, -0.2) is 48.7 Å². The zero-order valence-electron chi connectivity index (χ0n) is 18.7. The van der Waals surface area contributed by atoms with Crippen molar-refractivity contribution in [1.82, 2.24) is 15.2 Å². The van der Waals surface area contributed by atoms with Crippen molar-refractivity contribution in [3.63, 3.8) is 0 Å². The van der Waals surface area contributed by atoms with Crippen molar-refractivity contribution in [2.75, 3.05) is 32.8 Å². The van der Waals surface area contributed by atoms with Crippen molar-refractivity contribution >= 4 is 29.9 Å². The van der Waals surface area contributed by atoms with Crippen LogP contribution in [0.15, 0.2) is 41.5 Å². The Labute approximate surface area is 202 Å². The first-order valence-corrected chi connectivity index (χ1v) is 10.9. The van der Waals surface area contributed by atoms with Crippen LogP contribution in [0, 0.1) is 19.3 Å². The van der Waals surface area contributed by atoms with E-state index in [1.54, 1.807) is 6.20 Å². The molecule has 0 aliphatic carbocycles. The molecule has 2 aromatic rings. The van der Waals surface area contributed by atoms with Gasteiger partial charge in [-0.2, -0.15) is 0 Å². The first-order chi connectivity index (χ1) is 14.6. The molecule has 2 fully saturated rings. The van der Waals surface area contributed by atoms with E-state index in [0.717, 1.165) is 56.5 Å². The zero-order chi connectivity index (χ0) is 21.0. The van der Waals surface area contributed by atoms with Crippen LogP contribution in [-0.2, 0) is 11.3 Å². The number of aromatic nitrogens is 1. The summed E-state index contributed by atoms with van der Waals surface area (Å²) >= 11 is 0. The molecule has 1 atom stereocenters. The molecule has 1 spiro atoms. The lowest BCUT2D eigenvalue weighted by atomic mass is 9.87. The minimum atomic E-state index is 0. The van der Waals surface area contributed by atoms with Crippen LogP contribution in [0.3, 0.4) is 0 Å². The summed E-state index contributed by atoms with van der Waals surface area (Å²) in [5.74, 6) is 2.38. The van der Waals surface area contributed by atoms with Gasteiger partial charge in [-0.25, -0.2) is 9.98 Å². The summed E-state index contributed by atoms with van der Waals surface area (Å²) < 4.78 is 11.6. The van der Waals surface area contributed by atoms with Gasteiger partial charge in [0.2, 0.25) is 5.88 Å². The number of nitrogens with one attached hydrogen (secondary N) is 1. The average Bonchev–Trinajstić information content (AvgIpc) is 3.38. The zero-order valence-corrected chi connectivity index (χ0v) is 21.0. The van der Waals surface area contributed by atoms with Crippen LogP contribution in [0.4, 0.5) is 0 Å². The minimum Gasteiger partial charge on any atom is -0.439 e. The summed E-state index contributed by atoms with van der Waals surface area (Å²) in [5.41, 5.74) is 3.86. The Bertz CT molecular complexity index is 912. The lowest BCUT2D eigenvalue weighted by Gasteiger charge is -2.25. The molecular formula is C24H33IN4O2. The molecule has 4 rings (SSSR count). The summed E-state index contributed by atoms with van der Waals surface area (Å²) in [7, 11) is 0. The van der Waals surface area contributed by atoms with Gasteiger partial charge in [-0.05, 0) is 68.5 Å². The molecule has 2 aliphatic heterocycles. The van der Waals surface area contributed by atoms with Crippen molar-refractivity contribution in [3.05, 3.63) is 53.2 Å². The molecule has 1 N–H and O–H groups in total. The molecule has 2 aliphatic rings. The second-order valence-corrected chi connectivity index (χ2v) is 8.49. The van der Waals surface area contributed by atoms with Crippen molar-refractivity contribution in [3.8, 4) is 11.6 Å². The maximum absolute atomic E-state index is 5.97. The van der Waals surface area contributed by atoms with Crippen LogP contribution in [0.25, 0.3) is 0 Å². The molecule has 0 amide bonds. The third kappa shape index (κ3) is 5.88. The smallest absolute Gasteiger partial charge is 0.219 e. The second-order valence-electron chi connectivity index (χ2n) is 8.49. The molecule has 7 heteroatoms. The Kier molecular flexibility index (Phi) is 8.16. The molecule has 1 unspecified atom stereocenters. The van der Waals surface area contributed by atoms with Crippen molar-refractivity contribution in [1.29, 1.82) is 0 Å². The molecule has 0 bridgehead atoms. The van der Waals surface area contributed by atoms with E-state index in [-0.39, 0.29) is 24.0 Å². The fourth-order valence-corrected chi connectivity index (χ4v) is 4.18. The fourth-order valence-electron chi connectivity index (χ4n) is 4.18. The highest BCUT2D eigenvalue weighted by Crippen LogP contribution is 2.38. The van der Waals surface area contributed by atoms with E-state index in [0.29, 0.717) is 17.8 Å². The van der Waals surface area contributed by atoms with Crippen LogP contribution in [0.5, 0.6) is 11.6 Å². The number of guanidine groups is 1. The summed E-state index contributed by atoms with van der Waals surface area (Å²) in [6, 6.07) is 10.1. The number of hydrogen-bond acceptors (Lipinski definition) is 4. The van der Waals surface area contributed by atoms with E-state index in [1.807, 2.05) is 24.3 Å². The summed E-state index contributed by atoms with van der Waals surface area (Å²) in [6.45, 7) is 11.6. The SMILES string of the molecule is CCNC(=NCc1ccnc(Oc2ccc(C)c(C)c2)c1)N1CCC2(CCOC2)C1.I. The molecular weight excluding hydrogens is 503 g/mol. The molecule has 3 heterocycles. The maximum Gasteiger partial charge on any atom is 0.219 e. The number of nitrogens with zero attached hydrogens (tertiary/aromatic N) is 3. The van der Waals surface area contributed by atoms with Gasteiger partial charge < -0.3 is 19.7 Å². The number of pyridine rings is 1. The highest BCUT2D eigenvalue weighted by atomic mass is 127. The molecule has 31 heavy (non-hydrogen) atoms. The monoisotopic (exact) mass is 536 g/mol. The first kappa shape index (κ1) is 23.8. The third-order valence-electron chi connectivity index (χ3n) is 6.17. The van der Waals surface area contributed by atoms with Crippen LogP contribution < -0.4 is 10.1 Å². The van der Waals surface area contributed by atoms with Crippen molar-refractivity contribution in [2.24, 2.45) is 10.4 Å². The lowest BCUT2D eigenvalue weighted by Crippen LogP contribution is -2.41. The number of rotatable bonds is 5. The lowest BCUT2D eigenvalue weighted by molar-refractivity contribution is 0.156. The maximum atomic E-state index is 5.97. The molecule has 0 radical (unpaired) electrons. The Hall–Kier alpha value is -1.87. The van der Waals surface area contributed by atoms with Gasteiger partial charge in [0.25, 0.3) is 0 Å². The van der Waals surface area contributed by atoms with E-state index in [9.17, 15) is 0 Å². The largest absolute Gasteiger partial charge is 0.439 e. The van der Waals surface area contributed by atoms with E-state index in [4.69, 9.17) is 14.5 Å². The second kappa shape index (κ2) is 10.6. The highest BCUT2D eigenvalue weighted by molar-refractivity contribution is 14.0. The van der Waals surface area contributed by atoms with Gasteiger partial charge in [-0.1, -0.05) is 6.07 Å². The van der Waals surface area contributed by atoms with E-state index in [1.165, 1.54) is 17.5 Å². The van der Waals surface area contributed by atoms with E-state index in [2.05, 4.69) is 42.0 Å². The number of aryl methyl sites for hydroxylation is 2. The third-order valence-corrected chi connectivity index (χ3v) is 6.17. The standard InChI is InChI=1S/C24H32N4O2.HI/c1-4-25-23(28-11-8-24(16-28)9-12-29-17-24)27-15-20-7-10-26-22(14-20)30-21-6-5-18(2)19(3)13-21;/h5-7,10,13-14H,4,8-9,11-12,15-17H2,1-3H3,(H,25,27);1H. The average molecular weight is 536 g/mol. The quantitative estimate of drug-likeness (QED) is 0.342. The predicted molar refractivity (Wildman–Crippen MR) is 135 cm³/mol. The summed E-state index contributed by atoms with van der Waals surface area (Å²) in [5, 5.41) is 3.46. The summed E-state index contributed by atoms with van der Waals surface area (Å²) in [4.78, 5) is 11.6. The van der Waals surface area contributed by atoms with Gasteiger partial charge in [0, 0.05) is 43.9 Å². The molecule has 0 saturated carbocycles. The normalized spacial score (nSPS) is 20.7. The Balaban J connectivity index is 0.00000272. The molecule has 168 valence electrons. The fraction of sp³-hybridized carbons (Fsp3) is 0.500. The number of benzene rings is 1. The highest BCUT2D eigenvalue weighted by Gasteiger charge is 2.42. The number of hydrogen-bond donors (Lipinski definition) is 1. The molecule has 1 aromatic carbocycles. The number of halogens is 1. The van der Waals surface area contributed by atoms with Crippen molar-refractivity contribution in [2.45, 2.75) is 40.2 Å². The van der Waals surface area contributed by atoms with Crippen LogP contribution in [0.2, 0.25) is 0 Å². The van der Waals surface area contributed by atoms with Crippen molar-refractivity contribution < 1.29 is 9.47 Å². The van der Waals surface area contributed by atoms with Crippen LogP contribution >= 0.6 is 24.0 Å². The molecule has 2 saturated heterocycles. The number of likely N-dealkylation sites (tertiary alicyclic amines) is 1. The van der Waals surface area contributed by atoms with Gasteiger partial charge in [-0.3, -0.25) is 0 Å². The number of aliphatic imine (C=N–C) groups is 1. The number of ether oxygens (including phenoxy) is 2. The first-order valence-electron chi connectivity index (χ1n) is 10.9. The Morgan fingerprint density at radius 1 is 1.23 bits per heavy atom. The van der Waals surface area contributed by atoms with Gasteiger partial charge in [0.1, 0.15) is 5.75 Å². The predicted octanol–water partition coefficient (Wildman–Crippen LogP) is 4.69. The van der Waals surface area contributed by atoms with Gasteiger partial charge in [0.15, 0.2) is 5.96 Å². The van der Waals surface area contributed by atoms with Gasteiger partial charge in [-0.15, -0.1) is 24.0 Å². The minimum absolute atomic E-state index is 0. The topological polar surface area (TPSA) is 59.0 Å². The molecule has 6 nitrogen and oxygen atoms in total. The van der Waals surface area contributed by atoms with Gasteiger partial charge in [0.05, 0.1) is 13.2 Å². The molecule has 1 aromatic heterocycles. The Morgan fingerprint density at radius 3 is 2.84 bits per heavy atom.